The van der Waals surface area contributed by atoms with Gasteiger partial charge < -0.3 is 9.64 Å². The molecule has 0 saturated carbocycles. The highest BCUT2D eigenvalue weighted by Gasteiger charge is 2.39. The summed E-state index contributed by atoms with van der Waals surface area (Å²) in [5.41, 5.74) is 2.40. The summed E-state index contributed by atoms with van der Waals surface area (Å²) in [7, 11) is 2.08. The first-order chi connectivity index (χ1) is 8.63. The maximum Gasteiger partial charge on any atom is 0.116 e. The Kier molecular flexibility index (Phi) is 4.00. The van der Waals surface area contributed by atoms with E-state index in [9.17, 15) is 0 Å². The molecular formula is C15H20N2O. The van der Waals surface area contributed by atoms with Gasteiger partial charge >= 0.3 is 0 Å². The van der Waals surface area contributed by atoms with Crippen LogP contribution in [0.25, 0.3) is 0 Å². The third-order valence-electron chi connectivity index (χ3n) is 3.43. The summed E-state index contributed by atoms with van der Waals surface area (Å²) < 4.78 is 5.16. The van der Waals surface area contributed by atoms with Crippen LogP contribution in [-0.4, -0.2) is 38.3 Å². The number of ether oxygens (including phenoxy) is 1. The number of aryl methyl sites for hydroxylation is 1. The average Bonchev–Trinajstić information content (AvgIpc) is 2.31. The van der Waals surface area contributed by atoms with Crippen molar-refractivity contribution in [3.05, 3.63) is 35.4 Å². The summed E-state index contributed by atoms with van der Waals surface area (Å²) in [5, 5.41) is 9.15. The highest BCUT2D eigenvalue weighted by Crippen LogP contribution is 2.27. The van der Waals surface area contributed by atoms with Gasteiger partial charge in [0.2, 0.25) is 0 Å². The summed E-state index contributed by atoms with van der Waals surface area (Å²) in [6, 6.07) is 11.0. The quantitative estimate of drug-likeness (QED) is 0.795. The number of hydrogen-bond acceptors (Lipinski definition) is 3. The molecular weight excluding hydrogens is 224 g/mol. The zero-order chi connectivity index (χ0) is 13.0. The number of benzene rings is 1. The zero-order valence-corrected chi connectivity index (χ0v) is 11.1. The second-order valence-electron chi connectivity index (χ2n) is 5.36. The van der Waals surface area contributed by atoms with Gasteiger partial charge in [-0.25, -0.2) is 0 Å². The SMILES string of the molecule is Cc1cccc(CCN(C)CC2(C#N)COC2)c1. The van der Waals surface area contributed by atoms with E-state index in [0.717, 1.165) is 19.5 Å². The van der Waals surface area contributed by atoms with Gasteiger partial charge in [-0.1, -0.05) is 29.8 Å². The molecule has 3 nitrogen and oxygen atoms in total. The van der Waals surface area contributed by atoms with E-state index in [1.54, 1.807) is 0 Å². The largest absolute Gasteiger partial charge is 0.378 e. The van der Waals surface area contributed by atoms with Crippen LogP contribution < -0.4 is 0 Å². The van der Waals surface area contributed by atoms with Crippen molar-refractivity contribution in [3.63, 3.8) is 0 Å². The number of likely N-dealkylation sites (N-methyl/N-ethyl adjacent to an activating group) is 1. The Labute approximate surface area is 109 Å². The van der Waals surface area contributed by atoms with Crippen molar-refractivity contribution >= 4 is 0 Å². The smallest absolute Gasteiger partial charge is 0.116 e. The molecule has 0 aromatic heterocycles. The fraction of sp³-hybridized carbons (Fsp3) is 0.533. The molecule has 0 aliphatic carbocycles. The van der Waals surface area contributed by atoms with Crippen molar-refractivity contribution in [1.29, 1.82) is 5.26 Å². The predicted molar refractivity (Wildman–Crippen MR) is 71.2 cm³/mol. The minimum absolute atomic E-state index is 0.263. The molecule has 96 valence electrons. The molecule has 0 N–H and O–H groups in total. The van der Waals surface area contributed by atoms with Gasteiger partial charge in [-0.05, 0) is 26.0 Å². The van der Waals surface area contributed by atoms with E-state index >= 15 is 0 Å². The van der Waals surface area contributed by atoms with Gasteiger partial charge in [0.15, 0.2) is 0 Å². The van der Waals surface area contributed by atoms with E-state index in [4.69, 9.17) is 10.00 Å². The summed E-state index contributed by atoms with van der Waals surface area (Å²) in [5.74, 6) is 0. The predicted octanol–water partition coefficient (Wildman–Crippen LogP) is 2.01. The summed E-state index contributed by atoms with van der Waals surface area (Å²) >= 11 is 0. The lowest BCUT2D eigenvalue weighted by Crippen LogP contribution is -2.49. The molecule has 1 fully saturated rings. The first kappa shape index (κ1) is 13.1. The van der Waals surface area contributed by atoms with Crippen molar-refractivity contribution in [2.24, 2.45) is 5.41 Å². The normalized spacial score (nSPS) is 17.2. The Bertz CT molecular complexity index is 446. The van der Waals surface area contributed by atoms with Gasteiger partial charge in [-0.2, -0.15) is 5.26 Å². The fourth-order valence-electron chi connectivity index (χ4n) is 2.32. The second-order valence-corrected chi connectivity index (χ2v) is 5.36. The molecule has 1 saturated heterocycles. The van der Waals surface area contributed by atoms with Crippen LogP contribution in [0.4, 0.5) is 0 Å². The van der Waals surface area contributed by atoms with Crippen LogP contribution in [0.2, 0.25) is 0 Å². The van der Waals surface area contributed by atoms with Crippen LogP contribution in [-0.2, 0) is 11.2 Å². The van der Waals surface area contributed by atoms with Gasteiger partial charge in [0.1, 0.15) is 5.41 Å². The van der Waals surface area contributed by atoms with Gasteiger partial charge in [0.25, 0.3) is 0 Å². The first-order valence-corrected chi connectivity index (χ1v) is 6.37. The maximum absolute atomic E-state index is 9.15. The molecule has 0 amide bonds. The first-order valence-electron chi connectivity index (χ1n) is 6.37. The van der Waals surface area contributed by atoms with E-state index < -0.39 is 0 Å². The zero-order valence-electron chi connectivity index (χ0n) is 11.1. The molecule has 0 unspecified atom stereocenters. The Hall–Kier alpha value is -1.37. The minimum atomic E-state index is -0.263. The third-order valence-corrected chi connectivity index (χ3v) is 3.43. The summed E-state index contributed by atoms with van der Waals surface area (Å²) in [6.45, 7) is 5.06. The van der Waals surface area contributed by atoms with Crippen LogP contribution in [0.1, 0.15) is 11.1 Å². The molecule has 1 aliphatic heterocycles. The van der Waals surface area contributed by atoms with Crippen molar-refractivity contribution in [2.75, 3.05) is 33.4 Å². The number of nitriles is 1. The van der Waals surface area contributed by atoms with Crippen molar-refractivity contribution in [3.8, 4) is 6.07 Å². The molecule has 1 aromatic rings. The van der Waals surface area contributed by atoms with E-state index in [2.05, 4.69) is 49.2 Å². The molecule has 18 heavy (non-hydrogen) atoms. The Balaban J connectivity index is 1.82. The molecule has 0 atom stereocenters. The molecule has 2 rings (SSSR count). The van der Waals surface area contributed by atoms with Gasteiger partial charge in [0.05, 0.1) is 19.3 Å². The van der Waals surface area contributed by atoms with Gasteiger partial charge in [-0.3, -0.25) is 0 Å². The number of hydrogen-bond donors (Lipinski definition) is 0. The monoisotopic (exact) mass is 244 g/mol. The van der Waals surface area contributed by atoms with Crippen LogP contribution in [0.5, 0.6) is 0 Å². The standard InChI is InChI=1S/C15H20N2O/c1-13-4-3-5-14(8-13)6-7-17(2)10-15(9-16)11-18-12-15/h3-5,8H,6-7,10-12H2,1-2H3. The second kappa shape index (κ2) is 5.51. The Morgan fingerprint density at radius 2 is 2.22 bits per heavy atom. The van der Waals surface area contributed by atoms with E-state index in [1.165, 1.54) is 11.1 Å². The average molecular weight is 244 g/mol. The molecule has 3 heteroatoms. The highest BCUT2D eigenvalue weighted by atomic mass is 16.5. The van der Waals surface area contributed by atoms with Gasteiger partial charge in [0, 0.05) is 13.1 Å². The molecule has 1 heterocycles. The molecule has 0 radical (unpaired) electrons. The van der Waals surface area contributed by atoms with E-state index in [0.29, 0.717) is 13.2 Å². The highest BCUT2D eigenvalue weighted by molar-refractivity contribution is 5.22. The fourth-order valence-corrected chi connectivity index (χ4v) is 2.32. The third kappa shape index (κ3) is 3.10. The van der Waals surface area contributed by atoms with E-state index in [-0.39, 0.29) is 5.41 Å². The maximum atomic E-state index is 9.15. The van der Waals surface area contributed by atoms with Crippen LogP contribution in [0.3, 0.4) is 0 Å². The lowest BCUT2D eigenvalue weighted by atomic mass is 9.87. The topological polar surface area (TPSA) is 36.3 Å². The Morgan fingerprint density at radius 1 is 1.44 bits per heavy atom. The van der Waals surface area contributed by atoms with Crippen LogP contribution in [0.15, 0.2) is 24.3 Å². The van der Waals surface area contributed by atoms with Crippen molar-refractivity contribution < 1.29 is 4.74 Å². The Morgan fingerprint density at radius 3 is 2.78 bits per heavy atom. The van der Waals surface area contributed by atoms with Crippen molar-refractivity contribution in [2.45, 2.75) is 13.3 Å². The lowest BCUT2D eigenvalue weighted by molar-refractivity contribution is -0.0886. The molecule has 1 aliphatic rings. The van der Waals surface area contributed by atoms with Crippen LogP contribution in [0, 0.1) is 23.7 Å². The van der Waals surface area contributed by atoms with Gasteiger partial charge in [-0.15, -0.1) is 0 Å². The van der Waals surface area contributed by atoms with Crippen molar-refractivity contribution in [1.82, 2.24) is 4.90 Å². The number of nitrogens with zero attached hydrogens (tertiary/aromatic N) is 2. The molecule has 1 aromatic carbocycles. The lowest BCUT2D eigenvalue weighted by Gasteiger charge is -2.38. The molecule has 0 spiro atoms. The minimum Gasteiger partial charge on any atom is -0.378 e. The van der Waals surface area contributed by atoms with Crippen LogP contribution >= 0.6 is 0 Å². The molecule has 0 bridgehead atoms. The summed E-state index contributed by atoms with van der Waals surface area (Å²) in [4.78, 5) is 2.23. The van der Waals surface area contributed by atoms with E-state index in [1.807, 2.05) is 0 Å². The summed E-state index contributed by atoms with van der Waals surface area (Å²) in [6.07, 6.45) is 1.03. The number of rotatable bonds is 5.